The fraction of sp³-hybridized carbons (Fsp3) is 0.500. The summed E-state index contributed by atoms with van der Waals surface area (Å²) in [5.41, 5.74) is 1.36. The summed E-state index contributed by atoms with van der Waals surface area (Å²) in [6, 6.07) is 9.23. The smallest absolute Gasteiger partial charge is 0.317 e. The van der Waals surface area contributed by atoms with Gasteiger partial charge in [-0.2, -0.15) is 5.26 Å². The highest BCUT2D eigenvalue weighted by Gasteiger charge is 2.32. The van der Waals surface area contributed by atoms with Crippen LogP contribution in [0.5, 0.6) is 0 Å². The lowest BCUT2D eigenvalue weighted by Gasteiger charge is -2.39. The molecule has 112 valence electrons. The standard InChI is InChI=1S/C16H21N3O2/c1-3-16(2)12-19(8-9-21-16)15(20)18-11-14-6-4-13(10-17)5-7-14/h4-7H,3,8-9,11-12H2,1-2H3,(H,18,20)/t16-/m0/s1. The first kappa shape index (κ1) is 15.3. The Labute approximate surface area is 125 Å². The molecule has 1 saturated heterocycles. The third-order valence-electron chi connectivity index (χ3n) is 3.90. The summed E-state index contributed by atoms with van der Waals surface area (Å²) in [4.78, 5) is 14.0. The molecule has 2 rings (SSSR count). The predicted octanol–water partition coefficient (Wildman–Crippen LogP) is 2.27. The SMILES string of the molecule is CC[C@@]1(C)CN(C(=O)NCc2ccc(C#N)cc2)CCO1. The zero-order chi connectivity index (χ0) is 15.3. The van der Waals surface area contributed by atoms with Crippen LogP contribution in [0.1, 0.15) is 31.4 Å². The maximum atomic E-state index is 12.2. The molecule has 0 aliphatic carbocycles. The van der Waals surface area contributed by atoms with Gasteiger partial charge in [-0.05, 0) is 31.0 Å². The minimum absolute atomic E-state index is 0.0673. The predicted molar refractivity (Wildman–Crippen MR) is 79.6 cm³/mol. The summed E-state index contributed by atoms with van der Waals surface area (Å²) < 4.78 is 5.73. The van der Waals surface area contributed by atoms with Crippen LogP contribution in [0, 0.1) is 11.3 Å². The molecule has 1 aromatic carbocycles. The number of benzene rings is 1. The number of carbonyl (C=O) groups excluding carboxylic acids is 1. The topological polar surface area (TPSA) is 65.4 Å². The molecule has 5 heteroatoms. The van der Waals surface area contributed by atoms with Crippen molar-refractivity contribution in [1.29, 1.82) is 5.26 Å². The molecule has 0 spiro atoms. The van der Waals surface area contributed by atoms with E-state index >= 15 is 0 Å². The quantitative estimate of drug-likeness (QED) is 0.927. The van der Waals surface area contributed by atoms with E-state index in [1.54, 1.807) is 17.0 Å². The number of urea groups is 1. The molecule has 0 aromatic heterocycles. The van der Waals surface area contributed by atoms with Crippen LogP contribution in [0.2, 0.25) is 0 Å². The van der Waals surface area contributed by atoms with Crippen LogP contribution in [0.3, 0.4) is 0 Å². The third kappa shape index (κ3) is 3.96. The van der Waals surface area contributed by atoms with Gasteiger partial charge in [0, 0.05) is 13.1 Å². The highest BCUT2D eigenvalue weighted by molar-refractivity contribution is 5.74. The lowest BCUT2D eigenvalue weighted by atomic mass is 10.0. The number of nitrogens with one attached hydrogen (secondary N) is 1. The first-order valence-corrected chi connectivity index (χ1v) is 7.22. The molecule has 21 heavy (non-hydrogen) atoms. The van der Waals surface area contributed by atoms with Crippen molar-refractivity contribution in [1.82, 2.24) is 10.2 Å². The van der Waals surface area contributed by atoms with Crippen molar-refractivity contribution >= 4 is 6.03 Å². The number of amides is 2. The van der Waals surface area contributed by atoms with Gasteiger partial charge in [-0.3, -0.25) is 0 Å². The van der Waals surface area contributed by atoms with Gasteiger partial charge in [0.1, 0.15) is 0 Å². The number of ether oxygens (including phenoxy) is 1. The molecule has 5 nitrogen and oxygen atoms in total. The van der Waals surface area contributed by atoms with E-state index in [0.29, 0.717) is 31.8 Å². The van der Waals surface area contributed by atoms with E-state index in [0.717, 1.165) is 12.0 Å². The van der Waals surface area contributed by atoms with E-state index in [9.17, 15) is 4.79 Å². The first-order valence-electron chi connectivity index (χ1n) is 7.22. The number of nitrogens with zero attached hydrogens (tertiary/aromatic N) is 2. The Balaban J connectivity index is 1.88. The van der Waals surface area contributed by atoms with E-state index in [4.69, 9.17) is 10.00 Å². The molecule has 1 N–H and O–H groups in total. The number of carbonyl (C=O) groups is 1. The van der Waals surface area contributed by atoms with Gasteiger partial charge in [-0.25, -0.2) is 4.79 Å². The minimum Gasteiger partial charge on any atom is -0.372 e. The molecule has 1 aliphatic rings. The second-order valence-electron chi connectivity index (χ2n) is 5.54. The molecule has 2 amide bonds. The molecular weight excluding hydrogens is 266 g/mol. The molecule has 1 atom stereocenters. The van der Waals surface area contributed by atoms with E-state index < -0.39 is 0 Å². The Bertz CT molecular complexity index is 535. The fourth-order valence-corrected chi connectivity index (χ4v) is 2.30. The van der Waals surface area contributed by atoms with Crippen molar-refractivity contribution in [2.75, 3.05) is 19.7 Å². The molecule has 1 fully saturated rings. The molecule has 0 unspecified atom stereocenters. The average molecular weight is 287 g/mol. The molecule has 0 saturated carbocycles. The monoisotopic (exact) mass is 287 g/mol. The minimum atomic E-state index is -0.246. The number of hydrogen-bond acceptors (Lipinski definition) is 3. The van der Waals surface area contributed by atoms with E-state index in [-0.39, 0.29) is 11.6 Å². The normalized spacial score (nSPS) is 21.7. The van der Waals surface area contributed by atoms with Gasteiger partial charge in [0.05, 0.1) is 30.4 Å². The highest BCUT2D eigenvalue weighted by atomic mass is 16.5. The van der Waals surface area contributed by atoms with Gasteiger partial charge < -0.3 is 15.0 Å². The van der Waals surface area contributed by atoms with Crippen molar-refractivity contribution in [2.24, 2.45) is 0 Å². The Morgan fingerprint density at radius 3 is 2.81 bits per heavy atom. The zero-order valence-electron chi connectivity index (χ0n) is 12.6. The molecular formula is C16H21N3O2. The van der Waals surface area contributed by atoms with Gasteiger partial charge >= 0.3 is 6.03 Å². The number of hydrogen-bond donors (Lipinski definition) is 1. The van der Waals surface area contributed by atoms with Crippen LogP contribution in [0.25, 0.3) is 0 Å². The van der Waals surface area contributed by atoms with Gasteiger partial charge in [-0.15, -0.1) is 0 Å². The summed E-state index contributed by atoms with van der Waals surface area (Å²) in [6.45, 7) is 6.38. The fourth-order valence-electron chi connectivity index (χ4n) is 2.30. The number of morpholine rings is 1. The lowest BCUT2D eigenvalue weighted by Crippen LogP contribution is -2.54. The van der Waals surface area contributed by atoms with Crippen molar-refractivity contribution in [3.8, 4) is 6.07 Å². The second kappa shape index (κ2) is 6.59. The van der Waals surface area contributed by atoms with Crippen molar-refractivity contribution in [3.63, 3.8) is 0 Å². The third-order valence-corrected chi connectivity index (χ3v) is 3.90. The van der Waals surface area contributed by atoms with E-state index in [1.165, 1.54) is 0 Å². The van der Waals surface area contributed by atoms with Gasteiger partial charge in [-0.1, -0.05) is 19.1 Å². The Hall–Kier alpha value is -2.06. The molecule has 0 radical (unpaired) electrons. The second-order valence-corrected chi connectivity index (χ2v) is 5.54. The van der Waals surface area contributed by atoms with Crippen molar-refractivity contribution in [3.05, 3.63) is 35.4 Å². The Kier molecular flexibility index (Phi) is 4.81. The molecule has 0 bridgehead atoms. The lowest BCUT2D eigenvalue weighted by molar-refractivity contribution is -0.0872. The first-order chi connectivity index (χ1) is 10.1. The summed E-state index contributed by atoms with van der Waals surface area (Å²) in [7, 11) is 0. The van der Waals surface area contributed by atoms with Crippen LogP contribution in [-0.2, 0) is 11.3 Å². The molecule has 1 aromatic rings. The van der Waals surface area contributed by atoms with Crippen LogP contribution >= 0.6 is 0 Å². The van der Waals surface area contributed by atoms with Crippen molar-refractivity contribution < 1.29 is 9.53 Å². The van der Waals surface area contributed by atoms with Gasteiger partial charge in [0.2, 0.25) is 0 Å². The Morgan fingerprint density at radius 2 is 2.19 bits per heavy atom. The summed E-state index contributed by atoms with van der Waals surface area (Å²) in [5.74, 6) is 0. The van der Waals surface area contributed by atoms with E-state index in [1.807, 2.05) is 19.1 Å². The van der Waals surface area contributed by atoms with Crippen LogP contribution in [-0.4, -0.2) is 36.2 Å². The zero-order valence-corrected chi connectivity index (χ0v) is 12.6. The van der Waals surface area contributed by atoms with Crippen LogP contribution in [0.15, 0.2) is 24.3 Å². The maximum absolute atomic E-state index is 12.2. The number of nitriles is 1. The number of rotatable bonds is 3. The van der Waals surface area contributed by atoms with Crippen LogP contribution < -0.4 is 5.32 Å². The molecule has 1 heterocycles. The summed E-state index contributed by atoms with van der Waals surface area (Å²) in [6.07, 6.45) is 0.881. The highest BCUT2D eigenvalue weighted by Crippen LogP contribution is 2.20. The van der Waals surface area contributed by atoms with Crippen molar-refractivity contribution in [2.45, 2.75) is 32.4 Å². The van der Waals surface area contributed by atoms with Crippen LogP contribution in [0.4, 0.5) is 4.79 Å². The van der Waals surface area contributed by atoms with Gasteiger partial charge in [0.25, 0.3) is 0 Å². The van der Waals surface area contributed by atoms with Gasteiger partial charge in [0.15, 0.2) is 0 Å². The maximum Gasteiger partial charge on any atom is 0.317 e. The largest absolute Gasteiger partial charge is 0.372 e. The van der Waals surface area contributed by atoms with E-state index in [2.05, 4.69) is 18.3 Å². The molecule has 1 aliphatic heterocycles. The Morgan fingerprint density at radius 1 is 1.48 bits per heavy atom. The summed E-state index contributed by atoms with van der Waals surface area (Å²) >= 11 is 0. The average Bonchev–Trinajstić information content (AvgIpc) is 2.53. The summed E-state index contributed by atoms with van der Waals surface area (Å²) in [5, 5.41) is 11.7.